The molecule has 1 heterocycles. The van der Waals surface area contributed by atoms with E-state index in [0.717, 1.165) is 60.9 Å². The molecule has 3 N–H and O–H groups in total. The smallest absolute Gasteiger partial charge is 0.229 e. The molecule has 1 saturated carbocycles. The van der Waals surface area contributed by atoms with Crippen LogP contribution in [0.15, 0.2) is 109 Å². The number of carbonyl (C=O) groups is 1. The number of carbonyl (C=O) groups excluding carboxylic acids is 1. The zero-order chi connectivity index (χ0) is 26.9. The second-order valence-electron chi connectivity index (χ2n) is 10.3. The number of nitrogens with zero attached hydrogens (tertiary/aromatic N) is 3. The van der Waals surface area contributed by atoms with Crippen molar-refractivity contribution in [3.8, 4) is 0 Å². The van der Waals surface area contributed by atoms with Crippen molar-refractivity contribution in [2.75, 3.05) is 6.54 Å². The second-order valence-corrected chi connectivity index (χ2v) is 10.3. The molecule has 6 nitrogen and oxygen atoms in total. The molecule has 0 radical (unpaired) electrons. The van der Waals surface area contributed by atoms with E-state index < -0.39 is 5.54 Å². The third-order valence-corrected chi connectivity index (χ3v) is 7.70. The Labute approximate surface area is 231 Å². The first-order valence-electron chi connectivity index (χ1n) is 14.0. The summed E-state index contributed by atoms with van der Waals surface area (Å²) in [6.45, 7) is 0.533. The average molecular weight is 520 g/mol. The molecular weight excluding hydrogens is 482 g/mol. The van der Waals surface area contributed by atoms with Gasteiger partial charge in [-0.25, -0.2) is 4.98 Å². The summed E-state index contributed by atoms with van der Waals surface area (Å²) in [5.74, 6) is 0.289. The number of hydrogen-bond acceptors (Lipinski definition) is 3. The summed E-state index contributed by atoms with van der Waals surface area (Å²) in [4.78, 5) is 21.6. The van der Waals surface area contributed by atoms with Crippen molar-refractivity contribution in [3.63, 3.8) is 0 Å². The van der Waals surface area contributed by atoms with Gasteiger partial charge in [0.2, 0.25) is 5.91 Å². The summed E-state index contributed by atoms with van der Waals surface area (Å²) in [7, 11) is 0. The fourth-order valence-electron chi connectivity index (χ4n) is 5.75. The number of nitrogens with one attached hydrogen (secondary N) is 1. The second kappa shape index (κ2) is 12.6. The Bertz CT molecular complexity index is 1260. The maximum Gasteiger partial charge on any atom is 0.229 e. The van der Waals surface area contributed by atoms with Crippen LogP contribution in [-0.4, -0.2) is 28.0 Å². The van der Waals surface area contributed by atoms with Gasteiger partial charge in [-0.15, -0.1) is 0 Å². The maximum absolute atomic E-state index is 12.4. The fourth-order valence-corrected chi connectivity index (χ4v) is 5.75. The number of benzene rings is 3. The van der Waals surface area contributed by atoms with Crippen LogP contribution in [0.1, 0.15) is 60.9 Å². The van der Waals surface area contributed by atoms with E-state index in [-0.39, 0.29) is 17.8 Å². The molecule has 6 heteroatoms. The molecule has 39 heavy (non-hydrogen) atoms. The predicted octanol–water partition coefficient (Wildman–Crippen LogP) is 5.67. The highest BCUT2D eigenvalue weighted by Gasteiger charge is 2.38. The normalized spacial score (nSPS) is 14.7. The zero-order valence-electron chi connectivity index (χ0n) is 22.4. The Morgan fingerprint density at radius 3 is 1.95 bits per heavy atom. The van der Waals surface area contributed by atoms with Crippen LogP contribution >= 0.6 is 0 Å². The Morgan fingerprint density at radius 1 is 0.872 bits per heavy atom. The van der Waals surface area contributed by atoms with Gasteiger partial charge in [0.15, 0.2) is 5.96 Å². The zero-order valence-corrected chi connectivity index (χ0v) is 22.4. The van der Waals surface area contributed by atoms with Crippen molar-refractivity contribution in [2.24, 2.45) is 16.6 Å². The van der Waals surface area contributed by atoms with Crippen LogP contribution < -0.4 is 11.1 Å². The molecule has 1 aliphatic rings. The lowest BCUT2D eigenvalue weighted by Gasteiger charge is -2.37. The highest BCUT2D eigenvalue weighted by molar-refractivity contribution is 5.97. The van der Waals surface area contributed by atoms with Gasteiger partial charge >= 0.3 is 0 Å². The number of nitrogens with two attached hydrogens (primary N) is 1. The van der Waals surface area contributed by atoms with E-state index in [4.69, 9.17) is 10.7 Å². The van der Waals surface area contributed by atoms with E-state index in [1.54, 1.807) is 0 Å². The van der Waals surface area contributed by atoms with E-state index in [2.05, 4.69) is 93.9 Å². The van der Waals surface area contributed by atoms with Crippen LogP contribution in [0.5, 0.6) is 0 Å². The molecule has 0 spiro atoms. The van der Waals surface area contributed by atoms with E-state index in [9.17, 15) is 4.79 Å². The average Bonchev–Trinajstić information content (AvgIpc) is 3.47. The highest BCUT2D eigenvalue weighted by atomic mass is 16.2. The minimum Gasteiger partial charge on any atom is -0.370 e. The molecule has 1 amide bonds. The molecule has 5 rings (SSSR count). The molecule has 0 saturated heterocycles. The molecule has 200 valence electrons. The summed E-state index contributed by atoms with van der Waals surface area (Å²) in [6, 6.07) is 31.7. The van der Waals surface area contributed by atoms with Crippen LogP contribution in [0.4, 0.5) is 0 Å². The minimum absolute atomic E-state index is 0.00812. The highest BCUT2D eigenvalue weighted by Crippen LogP contribution is 2.40. The van der Waals surface area contributed by atoms with Crippen molar-refractivity contribution >= 4 is 11.9 Å². The first-order valence-corrected chi connectivity index (χ1v) is 14.0. The molecular formula is C33H37N5O. The number of imidazole rings is 1. The Hall–Kier alpha value is -4.19. The van der Waals surface area contributed by atoms with Crippen molar-refractivity contribution < 1.29 is 4.79 Å². The van der Waals surface area contributed by atoms with Gasteiger partial charge in [-0.05, 0) is 42.4 Å². The molecule has 1 fully saturated rings. The molecule has 0 atom stereocenters. The number of aromatic nitrogens is 2. The Morgan fingerprint density at radius 2 is 1.41 bits per heavy atom. The lowest BCUT2D eigenvalue weighted by molar-refractivity contribution is -0.124. The topological polar surface area (TPSA) is 85.3 Å². The first-order chi connectivity index (χ1) is 19.2. The lowest BCUT2D eigenvalue weighted by Crippen LogP contribution is -2.41. The van der Waals surface area contributed by atoms with Gasteiger partial charge < -0.3 is 10.3 Å². The van der Waals surface area contributed by atoms with Crippen molar-refractivity contribution in [1.82, 2.24) is 14.9 Å². The van der Waals surface area contributed by atoms with Crippen LogP contribution in [-0.2, 0) is 16.8 Å². The molecule has 0 bridgehead atoms. The largest absolute Gasteiger partial charge is 0.370 e. The molecule has 0 aliphatic heterocycles. The van der Waals surface area contributed by atoms with Crippen molar-refractivity contribution in [2.45, 2.75) is 50.5 Å². The SMILES string of the molecule is NC(=NCCCc1cn(C(c2ccccc2)(c2ccccc2)c2ccccc2)cn1)NC(=O)C1CCCCC1. The fraction of sp³-hybridized carbons (Fsp3) is 0.303. The number of hydrogen-bond donors (Lipinski definition) is 2. The molecule has 3 aromatic carbocycles. The van der Waals surface area contributed by atoms with Gasteiger partial charge in [0, 0.05) is 18.7 Å². The number of aliphatic imine (C=N–C) groups is 1. The van der Waals surface area contributed by atoms with Gasteiger partial charge in [-0.2, -0.15) is 0 Å². The number of aryl methyl sites for hydroxylation is 1. The monoisotopic (exact) mass is 519 g/mol. The summed E-state index contributed by atoms with van der Waals surface area (Å²) in [6.07, 6.45) is 10.9. The van der Waals surface area contributed by atoms with Crippen LogP contribution in [0, 0.1) is 5.92 Å². The summed E-state index contributed by atoms with van der Waals surface area (Å²) >= 11 is 0. The minimum atomic E-state index is -0.568. The summed E-state index contributed by atoms with van der Waals surface area (Å²) < 4.78 is 2.23. The van der Waals surface area contributed by atoms with E-state index in [1.807, 2.05) is 24.5 Å². The molecule has 0 unspecified atom stereocenters. The van der Waals surface area contributed by atoms with Gasteiger partial charge in [0.25, 0.3) is 0 Å². The van der Waals surface area contributed by atoms with E-state index >= 15 is 0 Å². The first kappa shape index (κ1) is 26.4. The van der Waals surface area contributed by atoms with Gasteiger partial charge in [-0.1, -0.05) is 110 Å². The molecule has 4 aromatic rings. The summed E-state index contributed by atoms with van der Waals surface area (Å²) in [5.41, 5.74) is 9.93. The van der Waals surface area contributed by atoms with E-state index in [1.165, 1.54) is 6.42 Å². The van der Waals surface area contributed by atoms with Crippen molar-refractivity contribution in [1.29, 1.82) is 0 Å². The van der Waals surface area contributed by atoms with Crippen molar-refractivity contribution in [3.05, 3.63) is 126 Å². The van der Waals surface area contributed by atoms with Gasteiger partial charge in [0.1, 0.15) is 5.54 Å². The molecule has 1 aromatic heterocycles. The van der Waals surface area contributed by atoms with Crippen LogP contribution in [0.25, 0.3) is 0 Å². The standard InChI is InChI=1S/C33H37N5O/c34-32(37-31(39)26-14-5-1-6-15-26)35-23-13-22-30-24-38(25-36-30)33(27-16-7-2-8-17-27,28-18-9-3-10-19-28)29-20-11-4-12-21-29/h2-4,7-12,16-21,24-26H,1,5-6,13-15,22-23H2,(H3,34,35,37,39). The number of guanidine groups is 1. The van der Waals surface area contributed by atoms with Crippen LogP contribution in [0.2, 0.25) is 0 Å². The molecule has 1 aliphatic carbocycles. The van der Waals surface area contributed by atoms with Gasteiger partial charge in [0.05, 0.1) is 12.0 Å². The van der Waals surface area contributed by atoms with E-state index in [0.29, 0.717) is 6.54 Å². The third kappa shape index (κ3) is 5.95. The lowest BCUT2D eigenvalue weighted by atomic mass is 9.77. The quantitative estimate of drug-likeness (QED) is 0.129. The summed E-state index contributed by atoms with van der Waals surface area (Å²) in [5, 5.41) is 2.80. The Kier molecular flexibility index (Phi) is 8.51. The maximum atomic E-state index is 12.4. The van der Waals surface area contributed by atoms with Crippen LogP contribution in [0.3, 0.4) is 0 Å². The Balaban J connectivity index is 1.35. The van der Waals surface area contributed by atoms with Gasteiger partial charge in [-0.3, -0.25) is 15.1 Å². The third-order valence-electron chi connectivity index (χ3n) is 7.70. The predicted molar refractivity (Wildman–Crippen MR) is 156 cm³/mol. The number of rotatable bonds is 9. The number of amides is 1.